The van der Waals surface area contributed by atoms with Crippen molar-refractivity contribution in [3.05, 3.63) is 34.3 Å². The Morgan fingerprint density at radius 3 is 2.47 bits per heavy atom. The van der Waals surface area contributed by atoms with Gasteiger partial charge in [0.15, 0.2) is 0 Å². The highest BCUT2D eigenvalue weighted by Crippen LogP contribution is 2.28. The van der Waals surface area contributed by atoms with Crippen molar-refractivity contribution in [1.82, 2.24) is 10.2 Å². The summed E-state index contributed by atoms with van der Waals surface area (Å²) in [4.78, 5) is 2.56. The van der Waals surface area contributed by atoms with Crippen LogP contribution in [0.1, 0.15) is 24.3 Å². The van der Waals surface area contributed by atoms with Crippen molar-refractivity contribution in [2.24, 2.45) is 0 Å². The van der Waals surface area contributed by atoms with Crippen LogP contribution in [0.15, 0.2) is 28.7 Å². The average Bonchev–Trinajstić information content (AvgIpc) is 2.38. The summed E-state index contributed by atoms with van der Waals surface area (Å²) in [7, 11) is 2.02. The van der Waals surface area contributed by atoms with Crippen LogP contribution < -0.4 is 5.32 Å². The fraction of sp³-hybridized carbons (Fsp3) is 0.571. The molecule has 0 unspecified atom stereocenters. The molecule has 0 spiro atoms. The largest absolute Gasteiger partial charge is 0.318 e. The van der Waals surface area contributed by atoms with E-state index in [2.05, 4.69) is 50.4 Å². The third-order valence-corrected chi connectivity index (χ3v) is 4.14. The first-order valence-electron chi connectivity index (χ1n) is 6.42. The van der Waals surface area contributed by atoms with Gasteiger partial charge >= 0.3 is 0 Å². The summed E-state index contributed by atoms with van der Waals surface area (Å²) in [6.07, 6.45) is 2.59. The van der Waals surface area contributed by atoms with E-state index in [1.54, 1.807) is 0 Å². The Kier molecular flexibility index (Phi) is 5.01. The zero-order valence-electron chi connectivity index (χ0n) is 10.5. The molecule has 0 saturated carbocycles. The minimum atomic E-state index is 0.758. The third kappa shape index (κ3) is 3.80. The smallest absolute Gasteiger partial charge is 0.0175 e. The highest BCUT2D eigenvalue weighted by atomic mass is 79.9. The number of hydrogen-bond donors (Lipinski definition) is 1. The molecule has 1 aromatic rings. The Labute approximate surface area is 113 Å². The maximum Gasteiger partial charge on any atom is 0.0175 e. The lowest BCUT2D eigenvalue weighted by Gasteiger charge is -2.32. The van der Waals surface area contributed by atoms with Crippen LogP contribution in [0.5, 0.6) is 0 Å². The van der Waals surface area contributed by atoms with Gasteiger partial charge in [0.1, 0.15) is 0 Å². The summed E-state index contributed by atoms with van der Waals surface area (Å²) in [6, 6.07) is 8.83. The van der Waals surface area contributed by atoms with Gasteiger partial charge in [-0.3, -0.25) is 0 Å². The maximum atomic E-state index is 3.49. The Hall–Kier alpha value is -0.380. The zero-order valence-corrected chi connectivity index (χ0v) is 12.0. The van der Waals surface area contributed by atoms with E-state index in [-0.39, 0.29) is 0 Å². The van der Waals surface area contributed by atoms with Gasteiger partial charge in [-0.05, 0) is 56.6 Å². The predicted molar refractivity (Wildman–Crippen MR) is 76.5 cm³/mol. The summed E-state index contributed by atoms with van der Waals surface area (Å²) in [5.74, 6) is 0.758. The lowest BCUT2D eigenvalue weighted by Crippen LogP contribution is -2.37. The van der Waals surface area contributed by atoms with E-state index >= 15 is 0 Å². The number of rotatable bonds is 4. The molecule has 94 valence electrons. The molecule has 1 N–H and O–H groups in total. The molecular formula is C14H21BrN2. The van der Waals surface area contributed by atoms with Gasteiger partial charge in [0, 0.05) is 17.6 Å². The second-order valence-corrected chi connectivity index (χ2v) is 5.69. The summed E-state index contributed by atoms with van der Waals surface area (Å²) >= 11 is 3.49. The first-order valence-corrected chi connectivity index (χ1v) is 7.21. The molecule has 0 bridgehead atoms. The molecule has 3 heteroatoms. The van der Waals surface area contributed by atoms with Crippen LogP contribution in [-0.4, -0.2) is 38.1 Å². The molecule has 0 radical (unpaired) electrons. The van der Waals surface area contributed by atoms with Gasteiger partial charge in [-0.15, -0.1) is 0 Å². The van der Waals surface area contributed by atoms with Gasteiger partial charge in [-0.25, -0.2) is 0 Å². The Morgan fingerprint density at radius 1 is 1.24 bits per heavy atom. The Morgan fingerprint density at radius 2 is 1.88 bits per heavy atom. The fourth-order valence-corrected chi connectivity index (χ4v) is 2.76. The number of hydrogen-bond acceptors (Lipinski definition) is 2. The van der Waals surface area contributed by atoms with Crippen molar-refractivity contribution < 1.29 is 0 Å². The minimum absolute atomic E-state index is 0.758. The van der Waals surface area contributed by atoms with Crippen LogP contribution >= 0.6 is 15.9 Å². The zero-order chi connectivity index (χ0) is 12.1. The fourth-order valence-electron chi connectivity index (χ4n) is 2.49. The predicted octanol–water partition coefficient (Wildman–Crippen LogP) is 2.85. The lowest BCUT2D eigenvalue weighted by atomic mass is 9.89. The molecule has 0 amide bonds. The molecule has 2 rings (SSSR count). The van der Waals surface area contributed by atoms with Crippen LogP contribution in [0.4, 0.5) is 0 Å². The molecular weight excluding hydrogens is 276 g/mol. The third-order valence-electron chi connectivity index (χ3n) is 3.61. The molecule has 0 atom stereocenters. The number of nitrogens with one attached hydrogen (secondary N) is 1. The van der Waals surface area contributed by atoms with Gasteiger partial charge in [0.05, 0.1) is 0 Å². The van der Waals surface area contributed by atoms with Crippen molar-refractivity contribution in [1.29, 1.82) is 0 Å². The SMILES string of the molecule is CNCCN1CCC(c2ccc(Br)cc2)CC1. The van der Waals surface area contributed by atoms with E-state index in [0.717, 1.165) is 12.5 Å². The number of benzene rings is 1. The van der Waals surface area contributed by atoms with Crippen molar-refractivity contribution in [3.63, 3.8) is 0 Å². The topological polar surface area (TPSA) is 15.3 Å². The van der Waals surface area contributed by atoms with Crippen molar-refractivity contribution in [2.75, 3.05) is 33.2 Å². The van der Waals surface area contributed by atoms with Gasteiger partial charge in [0.2, 0.25) is 0 Å². The van der Waals surface area contributed by atoms with Crippen molar-refractivity contribution in [2.45, 2.75) is 18.8 Å². The molecule has 1 saturated heterocycles. The molecule has 1 heterocycles. The first kappa shape index (κ1) is 13.1. The first-order chi connectivity index (χ1) is 8.29. The summed E-state index contributed by atoms with van der Waals surface area (Å²) in [5, 5.41) is 3.22. The van der Waals surface area contributed by atoms with Gasteiger partial charge < -0.3 is 10.2 Å². The highest BCUT2D eigenvalue weighted by molar-refractivity contribution is 9.10. The summed E-state index contributed by atoms with van der Waals surface area (Å²) < 4.78 is 1.17. The molecule has 1 aliphatic heterocycles. The Bertz CT molecular complexity index is 329. The lowest BCUT2D eigenvalue weighted by molar-refractivity contribution is 0.214. The molecule has 17 heavy (non-hydrogen) atoms. The maximum absolute atomic E-state index is 3.49. The van der Waals surface area contributed by atoms with E-state index in [1.807, 2.05) is 7.05 Å². The van der Waals surface area contributed by atoms with Gasteiger partial charge in [-0.1, -0.05) is 28.1 Å². The minimum Gasteiger partial charge on any atom is -0.318 e. The number of likely N-dealkylation sites (N-methyl/N-ethyl adjacent to an activating group) is 1. The molecule has 0 aromatic heterocycles. The average molecular weight is 297 g/mol. The van der Waals surface area contributed by atoms with Crippen LogP contribution in [-0.2, 0) is 0 Å². The van der Waals surface area contributed by atoms with Crippen LogP contribution in [0.3, 0.4) is 0 Å². The standard InChI is InChI=1S/C14H21BrN2/c1-16-8-11-17-9-6-13(7-10-17)12-2-4-14(15)5-3-12/h2-5,13,16H,6-11H2,1H3. The van der Waals surface area contributed by atoms with E-state index < -0.39 is 0 Å². The number of halogens is 1. The molecule has 1 aliphatic rings. The normalized spacial score (nSPS) is 18.5. The van der Waals surface area contributed by atoms with Crippen LogP contribution in [0.25, 0.3) is 0 Å². The molecule has 0 aliphatic carbocycles. The summed E-state index contributed by atoms with van der Waals surface area (Å²) in [5.41, 5.74) is 1.50. The van der Waals surface area contributed by atoms with Crippen LogP contribution in [0.2, 0.25) is 0 Å². The number of likely N-dealkylation sites (tertiary alicyclic amines) is 1. The van der Waals surface area contributed by atoms with E-state index in [4.69, 9.17) is 0 Å². The highest BCUT2D eigenvalue weighted by Gasteiger charge is 2.19. The quantitative estimate of drug-likeness (QED) is 0.919. The van der Waals surface area contributed by atoms with Crippen LogP contribution in [0, 0.1) is 0 Å². The molecule has 1 aromatic carbocycles. The van der Waals surface area contributed by atoms with E-state index in [0.29, 0.717) is 0 Å². The second kappa shape index (κ2) is 6.53. The van der Waals surface area contributed by atoms with Gasteiger partial charge in [0.25, 0.3) is 0 Å². The van der Waals surface area contributed by atoms with Gasteiger partial charge in [-0.2, -0.15) is 0 Å². The summed E-state index contributed by atoms with van der Waals surface area (Å²) in [6.45, 7) is 4.76. The monoisotopic (exact) mass is 296 g/mol. The Balaban J connectivity index is 1.84. The molecule has 2 nitrogen and oxygen atoms in total. The van der Waals surface area contributed by atoms with E-state index in [1.165, 1.54) is 42.5 Å². The number of nitrogens with zero attached hydrogens (tertiary/aromatic N) is 1. The van der Waals surface area contributed by atoms with Crippen molar-refractivity contribution >= 4 is 15.9 Å². The van der Waals surface area contributed by atoms with E-state index in [9.17, 15) is 0 Å². The molecule has 1 fully saturated rings. The number of piperidine rings is 1. The second-order valence-electron chi connectivity index (χ2n) is 4.77. The van der Waals surface area contributed by atoms with Crippen molar-refractivity contribution in [3.8, 4) is 0 Å².